The number of alkyl carbamates (subject to hydrolysis) is 1. The monoisotopic (exact) mass is 813 g/mol. The number of ether oxygens (including phenoxy) is 3. The number of esters is 1. The number of hydrogen-bond acceptors (Lipinski definition) is 11. The minimum Gasteiger partial charge on any atom is -0.487 e. The molecule has 1 aromatic rings. The predicted molar refractivity (Wildman–Crippen MR) is 186 cm³/mol. The first-order chi connectivity index (χ1) is 25.5. The smallest absolute Gasteiger partial charge is 0.455 e. The van der Waals surface area contributed by atoms with Crippen molar-refractivity contribution in [3.63, 3.8) is 0 Å². The Labute approximate surface area is 319 Å². The first-order valence-corrected chi connectivity index (χ1v) is 17.4. The number of nitrogens with one attached hydrogen (secondary N) is 4. The number of amides is 4. The SMILES string of the molecule is C[C@H]1Oc2ccc(F)cc2N(CCOC(=O)NCCNC(=O)CC[C@H](NC(C)(C)C)C(=O)OC(C)(C)C)C(=O)[C@@H]1C(=O)C(C)(O)C(=O)NCC(F)(F)C(F)(F)F. The van der Waals surface area contributed by atoms with Gasteiger partial charge in [-0.05, 0) is 73.9 Å². The number of alkyl halides is 5. The van der Waals surface area contributed by atoms with Crippen LogP contribution in [-0.2, 0) is 33.4 Å². The number of benzene rings is 1. The molecule has 0 radical (unpaired) electrons. The van der Waals surface area contributed by atoms with Crippen molar-refractivity contribution in [2.75, 3.05) is 37.7 Å². The predicted octanol–water partition coefficient (Wildman–Crippen LogP) is 2.91. The summed E-state index contributed by atoms with van der Waals surface area (Å²) in [5.74, 6) is -14.3. The Hall–Kier alpha value is -4.66. The summed E-state index contributed by atoms with van der Waals surface area (Å²) >= 11 is 0. The minimum absolute atomic E-state index is 0.0463. The third-order valence-corrected chi connectivity index (χ3v) is 7.84. The van der Waals surface area contributed by atoms with E-state index in [9.17, 15) is 60.2 Å². The summed E-state index contributed by atoms with van der Waals surface area (Å²) in [5, 5.41) is 20.0. The fraction of sp³-hybridized carbons (Fsp3) is 0.657. The number of rotatable bonds is 16. The lowest BCUT2D eigenvalue weighted by Crippen LogP contribution is -2.59. The quantitative estimate of drug-likeness (QED) is 0.0712. The zero-order valence-electron chi connectivity index (χ0n) is 32.3. The van der Waals surface area contributed by atoms with Crippen LogP contribution in [0, 0.1) is 11.7 Å². The van der Waals surface area contributed by atoms with Gasteiger partial charge in [0.1, 0.15) is 41.8 Å². The topological polar surface area (TPSA) is 202 Å². The molecule has 0 saturated carbocycles. The molecule has 1 aromatic carbocycles. The van der Waals surface area contributed by atoms with E-state index in [-0.39, 0.29) is 37.4 Å². The van der Waals surface area contributed by atoms with E-state index >= 15 is 0 Å². The van der Waals surface area contributed by atoms with Gasteiger partial charge in [-0.3, -0.25) is 29.3 Å². The van der Waals surface area contributed by atoms with E-state index < -0.39 is 108 Å². The molecule has 1 aliphatic heterocycles. The zero-order valence-corrected chi connectivity index (χ0v) is 32.3. The van der Waals surface area contributed by atoms with Gasteiger partial charge in [-0.1, -0.05) is 0 Å². The van der Waals surface area contributed by atoms with Gasteiger partial charge in [0.2, 0.25) is 11.8 Å². The number of Topliss-reactive ketones (excluding diaryl/α,β-unsaturated/α-hetero) is 1. The van der Waals surface area contributed by atoms with Crippen LogP contribution in [0.5, 0.6) is 5.75 Å². The lowest BCUT2D eigenvalue weighted by Gasteiger charge is -2.30. The highest BCUT2D eigenvalue weighted by atomic mass is 19.4. The maximum Gasteiger partial charge on any atom is 0.455 e. The number of ketones is 1. The molecule has 5 N–H and O–H groups in total. The molecule has 0 fully saturated rings. The summed E-state index contributed by atoms with van der Waals surface area (Å²) in [6.45, 7) is 8.72. The van der Waals surface area contributed by atoms with Crippen LogP contribution in [0.15, 0.2) is 18.2 Å². The van der Waals surface area contributed by atoms with Gasteiger partial charge in [-0.25, -0.2) is 9.18 Å². The van der Waals surface area contributed by atoms with E-state index in [4.69, 9.17) is 14.2 Å². The van der Waals surface area contributed by atoms with Crippen molar-refractivity contribution in [1.82, 2.24) is 21.3 Å². The van der Waals surface area contributed by atoms with E-state index in [0.717, 1.165) is 30.0 Å². The second-order valence-electron chi connectivity index (χ2n) is 15.2. The molecule has 0 spiro atoms. The molecule has 15 nitrogen and oxygen atoms in total. The molecule has 4 atom stereocenters. The highest BCUT2D eigenvalue weighted by Crippen LogP contribution is 2.37. The van der Waals surface area contributed by atoms with Gasteiger partial charge in [0.15, 0.2) is 11.4 Å². The molecule has 316 valence electrons. The van der Waals surface area contributed by atoms with E-state index in [1.165, 1.54) is 5.32 Å². The van der Waals surface area contributed by atoms with Crippen molar-refractivity contribution >= 4 is 41.3 Å². The number of aliphatic hydroxyl groups is 1. The van der Waals surface area contributed by atoms with Gasteiger partial charge in [-0.2, -0.15) is 22.0 Å². The van der Waals surface area contributed by atoms with E-state index in [0.29, 0.717) is 6.92 Å². The largest absolute Gasteiger partial charge is 0.487 e. The second kappa shape index (κ2) is 18.5. The minimum atomic E-state index is -6.06. The van der Waals surface area contributed by atoms with Crippen molar-refractivity contribution in [2.24, 2.45) is 5.92 Å². The van der Waals surface area contributed by atoms with Gasteiger partial charge in [0.25, 0.3) is 5.91 Å². The normalized spacial score (nSPS) is 18.0. The Morgan fingerprint density at radius 1 is 0.946 bits per heavy atom. The van der Waals surface area contributed by atoms with E-state index in [1.807, 2.05) is 20.8 Å². The summed E-state index contributed by atoms with van der Waals surface area (Å²) in [5.41, 5.74) is -4.79. The van der Waals surface area contributed by atoms with Crippen LogP contribution in [-0.4, -0.2) is 114 Å². The highest BCUT2D eigenvalue weighted by Gasteiger charge is 2.58. The maximum absolute atomic E-state index is 14.3. The molecule has 1 unspecified atom stereocenters. The Kier molecular flexibility index (Phi) is 15.7. The molecule has 0 aliphatic carbocycles. The van der Waals surface area contributed by atoms with Crippen molar-refractivity contribution in [3.05, 3.63) is 24.0 Å². The Morgan fingerprint density at radius 3 is 2.12 bits per heavy atom. The average molecular weight is 814 g/mol. The van der Waals surface area contributed by atoms with Crippen LogP contribution < -0.4 is 30.9 Å². The Balaban J connectivity index is 2.03. The van der Waals surface area contributed by atoms with Gasteiger partial charge < -0.3 is 40.2 Å². The van der Waals surface area contributed by atoms with Gasteiger partial charge in [0, 0.05) is 31.1 Å². The molecular formula is C35H49F6N5O10. The number of carbonyl (C=O) groups is 6. The lowest BCUT2D eigenvalue weighted by atomic mass is 9.85. The van der Waals surface area contributed by atoms with Crippen LogP contribution in [0.1, 0.15) is 68.2 Å². The van der Waals surface area contributed by atoms with Crippen LogP contribution in [0.4, 0.5) is 36.8 Å². The molecule has 4 amide bonds. The first kappa shape index (κ1) is 47.5. The summed E-state index contributed by atoms with van der Waals surface area (Å²) in [6, 6.07) is 2.12. The van der Waals surface area contributed by atoms with Gasteiger partial charge in [-0.15, -0.1) is 0 Å². The molecule has 1 heterocycles. The molecule has 21 heteroatoms. The van der Waals surface area contributed by atoms with Crippen molar-refractivity contribution in [3.8, 4) is 5.75 Å². The molecule has 2 rings (SSSR count). The fourth-order valence-electron chi connectivity index (χ4n) is 5.15. The summed E-state index contributed by atoms with van der Waals surface area (Å²) in [4.78, 5) is 78.0. The van der Waals surface area contributed by atoms with Crippen LogP contribution in [0.25, 0.3) is 0 Å². The molecule has 1 aliphatic rings. The standard InChI is InChI=1S/C35H49F6N5O10/c1-19-25(26(48)33(8,53)29(51)44-18-34(37,38)35(39,40)41)27(49)46(22-17-20(36)9-11-23(22)55-19)15-16-54-30(52)43-14-13-42-24(47)12-10-21(45-31(2,3)4)28(50)56-32(5,6)7/h9,11,17,19,21,25,45,53H,10,12-16,18H2,1-8H3,(H,42,47)(H,43,52)(H,44,51)/t19-,21+,25+,33?/m1/s1. The molecular weight excluding hydrogens is 764 g/mol. The van der Waals surface area contributed by atoms with Crippen molar-refractivity contribution < 1.29 is 74.4 Å². The fourth-order valence-corrected chi connectivity index (χ4v) is 5.15. The van der Waals surface area contributed by atoms with Crippen LogP contribution in [0.3, 0.4) is 0 Å². The maximum atomic E-state index is 14.3. The molecule has 0 saturated heterocycles. The number of fused-ring (bicyclic) bond motifs is 1. The number of anilines is 1. The molecule has 56 heavy (non-hydrogen) atoms. The van der Waals surface area contributed by atoms with Crippen molar-refractivity contribution in [2.45, 2.75) is 109 Å². The van der Waals surface area contributed by atoms with E-state index in [2.05, 4.69) is 16.0 Å². The lowest BCUT2D eigenvalue weighted by molar-refractivity contribution is -0.278. The first-order valence-electron chi connectivity index (χ1n) is 17.4. The Bertz CT molecular complexity index is 1610. The number of halogens is 6. The third-order valence-electron chi connectivity index (χ3n) is 7.84. The number of nitrogens with zero attached hydrogens (tertiary/aromatic N) is 1. The van der Waals surface area contributed by atoms with Gasteiger partial charge in [0.05, 0.1) is 18.8 Å². The van der Waals surface area contributed by atoms with E-state index in [1.54, 1.807) is 20.8 Å². The number of carbonyl (C=O) groups excluding carboxylic acids is 6. The highest BCUT2D eigenvalue weighted by molar-refractivity contribution is 6.19. The molecule has 0 bridgehead atoms. The number of hydrogen-bond donors (Lipinski definition) is 5. The van der Waals surface area contributed by atoms with Gasteiger partial charge >= 0.3 is 24.2 Å². The Morgan fingerprint density at radius 2 is 1.55 bits per heavy atom. The summed E-state index contributed by atoms with van der Waals surface area (Å²) < 4.78 is 95.1. The zero-order chi connectivity index (χ0) is 43.0. The average Bonchev–Trinajstić information content (AvgIpc) is 3.14. The van der Waals surface area contributed by atoms with Crippen molar-refractivity contribution in [1.29, 1.82) is 0 Å². The third kappa shape index (κ3) is 13.8. The summed E-state index contributed by atoms with van der Waals surface area (Å²) in [6.07, 6.45) is -8.52. The van der Waals surface area contributed by atoms with Crippen LogP contribution >= 0.6 is 0 Å². The summed E-state index contributed by atoms with van der Waals surface area (Å²) in [7, 11) is 0. The van der Waals surface area contributed by atoms with Crippen LogP contribution in [0.2, 0.25) is 0 Å². The second-order valence-corrected chi connectivity index (χ2v) is 15.2. The molecule has 0 aromatic heterocycles.